The van der Waals surface area contributed by atoms with Gasteiger partial charge in [0.1, 0.15) is 6.61 Å². The SMILES string of the molecule is CCO[NH+]([O-])[NH+]([O-])O. The van der Waals surface area contributed by atoms with E-state index in [9.17, 15) is 10.4 Å². The number of quaternary nitrogens is 2. The van der Waals surface area contributed by atoms with Crippen LogP contribution in [-0.4, -0.2) is 11.8 Å². The van der Waals surface area contributed by atoms with Crippen LogP contribution in [0.3, 0.4) is 0 Å². The van der Waals surface area contributed by atoms with E-state index in [4.69, 9.17) is 5.21 Å². The van der Waals surface area contributed by atoms with Crippen LogP contribution in [0.4, 0.5) is 0 Å². The lowest BCUT2D eigenvalue weighted by Gasteiger charge is -2.22. The maximum atomic E-state index is 9.92. The molecule has 0 aliphatic heterocycles. The average Bonchev–Trinajstić information content (AvgIpc) is 1.67. The largest absolute Gasteiger partial charge is 0.547 e. The predicted octanol–water partition coefficient (Wildman–Crippen LogP) is -2.99. The van der Waals surface area contributed by atoms with Gasteiger partial charge in [-0.2, -0.15) is 5.21 Å². The van der Waals surface area contributed by atoms with Gasteiger partial charge in [-0.25, -0.2) is 0 Å². The topological polar surface area (TPSA) is 84.5 Å². The normalized spacial score (nSPS) is 18.0. The van der Waals surface area contributed by atoms with E-state index >= 15 is 0 Å². The molecule has 2 atom stereocenters. The highest BCUT2D eigenvalue weighted by Crippen LogP contribution is 1.47. The molecule has 6 heteroatoms. The molecule has 3 N–H and O–H groups in total. The summed E-state index contributed by atoms with van der Waals surface area (Å²) in [6.45, 7) is 1.64. The van der Waals surface area contributed by atoms with Crippen molar-refractivity contribution in [2.45, 2.75) is 6.92 Å². The molecule has 0 spiro atoms. The highest BCUT2D eigenvalue weighted by atomic mass is 17.0. The molecule has 0 aliphatic rings. The van der Waals surface area contributed by atoms with Crippen molar-refractivity contribution in [1.82, 2.24) is 0 Å². The quantitative estimate of drug-likeness (QED) is 0.350. The van der Waals surface area contributed by atoms with Crippen molar-refractivity contribution in [3.8, 4) is 0 Å². The van der Waals surface area contributed by atoms with Gasteiger partial charge >= 0.3 is 0 Å². The number of hydrogen-bond donors (Lipinski definition) is 3. The molecule has 0 aromatic heterocycles. The Morgan fingerprint density at radius 3 is 2.25 bits per heavy atom. The van der Waals surface area contributed by atoms with Gasteiger partial charge in [0.15, 0.2) is 0 Å². The third-order valence-corrected chi connectivity index (χ3v) is 0.450. The zero-order chi connectivity index (χ0) is 6.57. The van der Waals surface area contributed by atoms with E-state index in [1.807, 2.05) is 0 Å². The van der Waals surface area contributed by atoms with Crippen LogP contribution in [0.25, 0.3) is 0 Å². The molecule has 0 amide bonds. The molecule has 0 rings (SSSR count). The van der Waals surface area contributed by atoms with Crippen molar-refractivity contribution in [3.05, 3.63) is 10.4 Å². The minimum Gasteiger partial charge on any atom is -0.547 e. The predicted molar refractivity (Wildman–Crippen MR) is 22.1 cm³/mol. The van der Waals surface area contributed by atoms with E-state index in [0.29, 0.717) is 0 Å². The molecule has 0 bridgehead atoms. The molecule has 8 heavy (non-hydrogen) atoms. The summed E-state index contributed by atoms with van der Waals surface area (Å²) in [6, 6.07) is 0. The van der Waals surface area contributed by atoms with E-state index in [1.54, 1.807) is 6.92 Å². The van der Waals surface area contributed by atoms with Crippen molar-refractivity contribution in [2.75, 3.05) is 6.61 Å². The van der Waals surface area contributed by atoms with Gasteiger partial charge in [-0.1, -0.05) is 0 Å². The van der Waals surface area contributed by atoms with Crippen molar-refractivity contribution in [2.24, 2.45) is 0 Å². The molecule has 50 valence electrons. The van der Waals surface area contributed by atoms with Crippen LogP contribution >= 0.6 is 0 Å². The Bertz CT molecular complexity index is 58.0. The number of rotatable bonds is 3. The van der Waals surface area contributed by atoms with Crippen LogP contribution in [0, 0.1) is 10.4 Å². The molecular weight excluding hydrogens is 116 g/mol. The van der Waals surface area contributed by atoms with E-state index < -0.39 is 10.7 Å². The highest BCUT2D eigenvalue weighted by molar-refractivity contribution is 3.92. The first-order chi connectivity index (χ1) is 3.68. The summed E-state index contributed by atoms with van der Waals surface area (Å²) in [7, 11) is 0. The first kappa shape index (κ1) is 7.76. The fourth-order valence-electron chi connectivity index (χ4n) is 0.193. The lowest BCUT2D eigenvalue weighted by molar-refractivity contribution is -1.61. The summed E-state index contributed by atoms with van der Waals surface area (Å²) in [4.78, 5) is 4.06. The van der Waals surface area contributed by atoms with E-state index in [0.717, 1.165) is 0 Å². The maximum absolute atomic E-state index is 9.92. The van der Waals surface area contributed by atoms with Gasteiger partial charge in [-0.15, -0.1) is 4.84 Å². The fourth-order valence-corrected chi connectivity index (χ4v) is 0.193. The summed E-state index contributed by atoms with van der Waals surface area (Å²) in [5.41, 5.74) is 0. The minimum atomic E-state index is -1.55. The Kier molecular flexibility index (Phi) is 3.61. The molecular formula is C2H8N2O4. The summed E-state index contributed by atoms with van der Waals surface area (Å²) >= 11 is 0. The maximum Gasteiger partial charge on any atom is 0.111 e. The third-order valence-electron chi connectivity index (χ3n) is 0.450. The first-order valence-electron chi connectivity index (χ1n) is 2.08. The van der Waals surface area contributed by atoms with Crippen LogP contribution in [0.2, 0.25) is 0 Å². The van der Waals surface area contributed by atoms with Gasteiger partial charge in [-0.05, 0) is 17.6 Å². The van der Waals surface area contributed by atoms with Crippen molar-refractivity contribution >= 4 is 0 Å². The zero-order valence-electron chi connectivity index (χ0n) is 4.38. The molecule has 2 unspecified atom stereocenters. The minimum absolute atomic E-state index is 0.102. The Morgan fingerprint density at radius 1 is 1.62 bits per heavy atom. The summed E-state index contributed by atoms with van der Waals surface area (Å²) in [5.74, 6) is 0. The Morgan fingerprint density at radius 2 is 2.12 bits per heavy atom. The number of nitrogens with one attached hydrogen (secondary N) is 2. The van der Waals surface area contributed by atoms with Crippen LogP contribution < -0.4 is 10.7 Å². The molecule has 6 nitrogen and oxygen atoms in total. The van der Waals surface area contributed by atoms with Gasteiger partial charge in [0.2, 0.25) is 0 Å². The van der Waals surface area contributed by atoms with Crippen molar-refractivity contribution < 1.29 is 20.7 Å². The first-order valence-corrected chi connectivity index (χ1v) is 2.08. The number of hydrogen-bond acceptors (Lipinski definition) is 4. The summed E-state index contributed by atoms with van der Waals surface area (Å²) in [5, 5.41) is 24.6. The Labute approximate surface area is 45.9 Å². The van der Waals surface area contributed by atoms with Crippen LogP contribution in [0.15, 0.2) is 0 Å². The monoisotopic (exact) mass is 124 g/mol. The zero-order valence-corrected chi connectivity index (χ0v) is 4.38. The lowest BCUT2D eigenvalue weighted by atomic mass is 10.9. The average molecular weight is 124 g/mol. The van der Waals surface area contributed by atoms with E-state index in [1.165, 1.54) is 0 Å². The van der Waals surface area contributed by atoms with Crippen molar-refractivity contribution in [3.63, 3.8) is 0 Å². The van der Waals surface area contributed by atoms with Gasteiger partial charge < -0.3 is 10.4 Å². The van der Waals surface area contributed by atoms with Gasteiger partial charge in [0.25, 0.3) is 0 Å². The second kappa shape index (κ2) is 3.72. The highest BCUT2D eigenvalue weighted by Gasteiger charge is 1.97. The molecule has 0 saturated carbocycles. The molecule has 0 saturated heterocycles. The molecule has 0 aromatic carbocycles. The van der Waals surface area contributed by atoms with Gasteiger partial charge in [-0.3, -0.25) is 0 Å². The van der Waals surface area contributed by atoms with Crippen LogP contribution in [0.1, 0.15) is 6.92 Å². The second-order valence-electron chi connectivity index (χ2n) is 1.03. The van der Waals surface area contributed by atoms with E-state index in [-0.39, 0.29) is 6.61 Å². The molecule has 0 fully saturated rings. The van der Waals surface area contributed by atoms with Gasteiger partial charge in [0.05, 0.1) is 0 Å². The third kappa shape index (κ3) is 2.86. The molecule has 0 aromatic rings. The summed E-state index contributed by atoms with van der Waals surface area (Å²) in [6.07, 6.45) is 0. The molecule has 0 heterocycles. The Hall–Kier alpha value is -0.240. The van der Waals surface area contributed by atoms with Gasteiger partial charge in [0, 0.05) is 0 Å². The second-order valence-corrected chi connectivity index (χ2v) is 1.03. The van der Waals surface area contributed by atoms with Crippen molar-refractivity contribution in [1.29, 1.82) is 0 Å². The smallest absolute Gasteiger partial charge is 0.111 e. The van der Waals surface area contributed by atoms with Crippen LogP contribution in [-0.2, 0) is 4.84 Å². The lowest BCUT2D eigenvalue weighted by Crippen LogP contribution is -3.54. The molecule has 0 aliphatic carbocycles. The van der Waals surface area contributed by atoms with E-state index in [2.05, 4.69) is 4.84 Å². The standard InChI is InChI=1S/C2H8N2O4/c1-2-8-4(7)3(5)6/h3-5H,2H2,1H3. The fraction of sp³-hybridized carbons (Fsp3) is 1.00. The Balaban J connectivity index is 3.17. The van der Waals surface area contributed by atoms with Crippen LogP contribution in [0.5, 0.6) is 0 Å². The molecule has 0 radical (unpaired) electrons. The summed E-state index contributed by atoms with van der Waals surface area (Å²) < 4.78 is 0.